The van der Waals surface area contributed by atoms with Crippen molar-refractivity contribution in [2.45, 2.75) is 18.6 Å². The van der Waals surface area contributed by atoms with Crippen LogP contribution in [0.1, 0.15) is 18.2 Å². The Bertz CT molecular complexity index is 546. The Labute approximate surface area is 101 Å². The number of nitrogens with one attached hydrogen (secondary N) is 1. The number of halogens is 4. The predicted molar refractivity (Wildman–Crippen MR) is 58.6 cm³/mol. The molecule has 0 spiro atoms. The molecular weight excluding hydrogens is 250 g/mol. The molecule has 1 aromatic heterocycles. The fourth-order valence-corrected chi connectivity index (χ4v) is 1.78. The molecule has 1 unspecified atom stereocenters. The molecule has 0 fully saturated rings. The Hall–Kier alpha value is -1.56. The van der Waals surface area contributed by atoms with Crippen LogP contribution in [-0.4, -0.2) is 13.2 Å². The normalized spacial score (nSPS) is 14.1. The maximum absolute atomic E-state index is 13.0. The van der Waals surface area contributed by atoms with Crippen LogP contribution < -0.4 is 5.32 Å². The minimum atomic E-state index is -4.29. The Morgan fingerprint density at radius 3 is 2.61 bits per heavy atom. The number of hydrogen-bond acceptors (Lipinski definition) is 2. The summed E-state index contributed by atoms with van der Waals surface area (Å²) in [6.45, 7) is 0. The zero-order chi connectivity index (χ0) is 13.3. The van der Waals surface area contributed by atoms with E-state index in [0.29, 0.717) is 11.0 Å². The number of rotatable bonds is 3. The number of furan rings is 1. The van der Waals surface area contributed by atoms with Crippen LogP contribution in [0.5, 0.6) is 0 Å². The van der Waals surface area contributed by atoms with Crippen molar-refractivity contribution in [1.82, 2.24) is 5.32 Å². The third kappa shape index (κ3) is 2.81. The number of alkyl halides is 3. The lowest BCUT2D eigenvalue weighted by Gasteiger charge is -2.15. The Morgan fingerprint density at radius 1 is 1.28 bits per heavy atom. The van der Waals surface area contributed by atoms with Crippen LogP contribution in [-0.2, 0) is 0 Å². The van der Waals surface area contributed by atoms with Gasteiger partial charge in [-0.05, 0) is 31.3 Å². The molecule has 0 bridgehead atoms. The Balaban J connectivity index is 2.34. The van der Waals surface area contributed by atoms with Gasteiger partial charge in [-0.2, -0.15) is 13.2 Å². The van der Waals surface area contributed by atoms with Crippen molar-refractivity contribution in [2.75, 3.05) is 7.05 Å². The van der Waals surface area contributed by atoms with Gasteiger partial charge in [-0.3, -0.25) is 0 Å². The molecule has 0 amide bonds. The quantitative estimate of drug-likeness (QED) is 0.850. The van der Waals surface area contributed by atoms with Crippen molar-refractivity contribution in [2.24, 2.45) is 0 Å². The zero-order valence-corrected chi connectivity index (χ0v) is 9.51. The second kappa shape index (κ2) is 4.61. The van der Waals surface area contributed by atoms with Gasteiger partial charge in [-0.1, -0.05) is 0 Å². The lowest BCUT2D eigenvalue weighted by atomic mass is 10.1. The average Bonchev–Trinajstić information content (AvgIpc) is 2.67. The molecule has 18 heavy (non-hydrogen) atoms. The SMILES string of the molecule is CNC(CC(F)(F)F)c1cc2cc(F)ccc2o1. The maximum Gasteiger partial charge on any atom is 0.391 e. The lowest BCUT2D eigenvalue weighted by Crippen LogP contribution is -2.23. The second-order valence-corrected chi connectivity index (χ2v) is 3.99. The van der Waals surface area contributed by atoms with Crippen LogP contribution in [0.4, 0.5) is 17.6 Å². The highest BCUT2D eigenvalue weighted by Gasteiger charge is 2.33. The van der Waals surface area contributed by atoms with E-state index >= 15 is 0 Å². The molecule has 2 rings (SSSR count). The van der Waals surface area contributed by atoms with Crippen molar-refractivity contribution in [3.8, 4) is 0 Å². The van der Waals surface area contributed by atoms with Gasteiger partial charge in [0.15, 0.2) is 0 Å². The highest BCUT2D eigenvalue weighted by atomic mass is 19.4. The van der Waals surface area contributed by atoms with E-state index in [9.17, 15) is 17.6 Å². The molecule has 6 heteroatoms. The summed E-state index contributed by atoms with van der Waals surface area (Å²) in [6, 6.07) is 4.27. The predicted octanol–water partition coefficient (Wildman–Crippen LogP) is 3.78. The molecule has 2 nitrogen and oxygen atoms in total. The molecule has 0 saturated heterocycles. The molecule has 1 N–H and O–H groups in total. The van der Waals surface area contributed by atoms with Gasteiger partial charge in [-0.25, -0.2) is 4.39 Å². The van der Waals surface area contributed by atoms with E-state index in [0.717, 1.165) is 0 Å². The van der Waals surface area contributed by atoms with Gasteiger partial charge in [0, 0.05) is 5.39 Å². The first-order chi connectivity index (χ1) is 8.39. The largest absolute Gasteiger partial charge is 0.459 e. The molecule has 1 heterocycles. The number of fused-ring (bicyclic) bond motifs is 1. The van der Waals surface area contributed by atoms with Crippen LogP contribution in [0, 0.1) is 5.82 Å². The van der Waals surface area contributed by atoms with Gasteiger partial charge in [0.25, 0.3) is 0 Å². The van der Waals surface area contributed by atoms with E-state index in [1.165, 1.54) is 31.3 Å². The van der Waals surface area contributed by atoms with Gasteiger partial charge < -0.3 is 9.73 Å². The van der Waals surface area contributed by atoms with Gasteiger partial charge in [0.1, 0.15) is 17.2 Å². The summed E-state index contributed by atoms with van der Waals surface area (Å²) >= 11 is 0. The summed E-state index contributed by atoms with van der Waals surface area (Å²) in [4.78, 5) is 0. The molecule has 1 atom stereocenters. The zero-order valence-electron chi connectivity index (χ0n) is 9.51. The first kappa shape index (κ1) is 12.9. The average molecular weight is 261 g/mol. The van der Waals surface area contributed by atoms with Gasteiger partial charge in [-0.15, -0.1) is 0 Å². The van der Waals surface area contributed by atoms with Crippen molar-refractivity contribution < 1.29 is 22.0 Å². The Morgan fingerprint density at radius 2 is 2.00 bits per heavy atom. The topological polar surface area (TPSA) is 25.2 Å². The molecule has 0 saturated carbocycles. The lowest BCUT2D eigenvalue weighted by molar-refractivity contribution is -0.141. The summed E-state index contributed by atoms with van der Waals surface area (Å²) in [5.41, 5.74) is 0.369. The second-order valence-electron chi connectivity index (χ2n) is 3.99. The standard InChI is InChI=1S/C12H11F4NO/c1-17-9(6-12(14,15)16)11-5-7-4-8(13)2-3-10(7)18-11/h2-5,9,17H,6H2,1H3. The van der Waals surface area contributed by atoms with Crippen molar-refractivity contribution in [3.05, 3.63) is 35.8 Å². The summed E-state index contributed by atoms with van der Waals surface area (Å²) in [5.74, 6) is -0.304. The maximum atomic E-state index is 13.0. The van der Waals surface area contributed by atoms with Crippen molar-refractivity contribution in [1.29, 1.82) is 0 Å². The molecule has 0 aliphatic heterocycles. The van der Waals surface area contributed by atoms with Gasteiger partial charge in [0.05, 0.1) is 12.5 Å². The third-order valence-corrected chi connectivity index (χ3v) is 2.62. The number of benzene rings is 1. The summed E-state index contributed by atoms with van der Waals surface area (Å²) in [6.07, 6.45) is -5.33. The van der Waals surface area contributed by atoms with E-state index in [2.05, 4.69) is 5.32 Å². The van der Waals surface area contributed by atoms with Crippen LogP contribution in [0.3, 0.4) is 0 Å². The fourth-order valence-electron chi connectivity index (χ4n) is 1.78. The minimum absolute atomic E-state index is 0.149. The molecule has 2 aromatic rings. The van der Waals surface area contributed by atoms with Crippen LogP contribution in [0.2, 0.25) is 0 Å². The van der Waals surface area contributed by atoms with Gasteiger partial charge >= 0.3 is 6.18 Å². The van der Waals surface area contributed by atoms with Crippen molar-refractivity contribution >= 4 is 11.0 Å². The van der Waals surface area contributed by atoms with Crippen LogP contribution in [0.15, 0.2) is 28.7 Å². The summed E-state index contributed by atoms with van der Waals surface area (Å²) < 4.78 is 55.3. The molecule has 0 aliphatic carbocycles. The molecule has 98 valence electrons. The van der Waals surface area contributed by atoms with E-state index < -0.39 is 24.5 Å². The molecule has 0 radical (unpaired) electrons. The highest BCUT2D eigenvalue weighted by Crippen LogP contribution is 2.32. The summed E-state index contributed by atoms with van der Waals surface area (Å²) in [7, 11) is 1.42. The van der Waals surface area contributed by atoms with Gasteiger partial charge in [0.2, 0.25) is 0 Å². The fraction of sp³-hybridized carbons (Fsp3) is 0.333. The molecular formula is C12H11F4NO. The van der Waals surface area contributed by atoms with E-state index in [1.807, 2.05) is 0 Å². The van der Waals surface area contributed by atoms with Crippen LogP contribution in [0.25, 0.3) is 11.0 Å². The first-order valence-electron chi connectivity index (χ1n) is 5.32. The monoisotopic (exact) mass is 261 g/mol. The van der Waals surface area contributed by atoms with Crippen molar-refractivity contribution in [3.63, 3.8) is 0 Å². The van der Waals surface area contributed by atoms with E-state index in [-0.39, 0.29) is 5.76 Å². The number of hydrogen-bond donors (Lipinski definition) is 1. The summed E-state index contributed by atoms with van der Waals surface area (Å²) in [5, 5.41) is 2.99. The van der Waals surface area contributed by atoms with E-state index in [1.54, 1.807) is 0 Å². The minimum Gasteiger partial charge on any atom is -0.459 e. The smallest absolute Gasteiger partial charge is 0.391 e. The Kier molecular flexibility index (Phi) is 3.30. The first-order valence-corrected chi connectivity index (χ1v) is 5.32. The van der Waals surface area contributed by atoms with E-state index in [4.69, 9.17) is 4.42 Å². The molecule has 1 aromatic carbocycles. The molecule has 0 aliphatic rings. The van der Waals surface area contributed by atoms with Crippen LogP contribution >= 0.6 is 0 Å². The third-order valence-electron chi connectivity index (χ3n) is 2.62. The highest BCUT2D eigenvalue weighted by molar-refractivity contribution is 5.78.